The van der Waals surface area contributed by atoms with Crippen molar-refractivity contribution in [3.63, 3.8) is 0 Å². The second-order valence-corrected chi connectivity index (χ2v) is 9.50. The SMILES string of the molecule is COc1ccc(S(=O)Cc2ccc(C(=O)N3CCC(N4CCCCC4)CC3)o2)cc1. The largest absolute Gasteiger partial charge is 0.497 e. The molecule has 1 aromatic carbocycles. The molecule has 2 saturated heterocycles. The van der Waals surface area contributed by atoms with E-state index < -0.39 is 10.8 Å². The molecular weight excluding hydrogens is 400 g/mol. The van der Waals surface area contributed by atoms with Gasteiger partial charge in [0, 0.05) is 24.0 Å². The standard InChI is InChI=1S/C23H30N2O4S/c1-28-19-5-8-21(9-6-19)30(27)17-20-7-10-22(29-20)23(26)25-15-11-18(12-16-25)24-13-3-2-4-14-24/h5-10,18H,2-4,11-17H2,1H3. The number of furan rings is 1. The van der Waals surface area contributed by atoms with Crippen LogP contribution in [0.25, 0.3) is 0 Å². The summed E-state index contributed by atoms with van der Waals surface area (Å²) in [7, 11) is 0.364. The van der Waals surface area contributed by atoms with Crippen molar-refractivity contribution in [2.75, 3.05) is 33.3 Å². The monoisotopic (exact) mass is 430 g/mol. The molecule has 3 heterocycles. The van der Waals surface area contributed by atoms with Crippen molar-refractivity contribution in [2.24, 2.45) is 0 Å². The summed E-state index contributed by atoms with van der Waals surface area (Å²) in [6.07, 6.45) is 6.00. The Morgan fingerprint density at radius 3 is 2.40 bits per heavy atom. The number of nitrogens with zero attached hydrogens (tertiary/aromatic N) is 2. The van der Waals surface area contributed by atoms with Gasteiger partial charge in [0.2, 0.25) is 0 Å². The Balaban J connectivity index is 1.31. The normalized spacial score (nSPS) is 19.6. The van der Waals surface area contributed by atoms with Gasteiger partial charge in [0.15, 0.2) is 5.76 Å². The zero-order valence-corrected chi connectivity index (χ0v) is 18.4. The smallest absolute Gasteiger partial charge is 0.289 e. The highest BCUT2D eigenvalue weighted by molar-refractivity contribution is 7.84. The molecule has 1 unspecified atom stereocenters. The average molecular weight is 431 g/mol. The van der Waals surface area contributed by atoms with Crippen molar-refractivity contribution in [3.05, 3.63) is 47.9 Å². The van der Waals surface area contributed by atoms with Crippen molar-refractivity contribution < 1.29 is 18.2 Å². The maximum Gasteiger partial charge on any atom is 0.289 e. The predicted molar refractivity (Wildman–Crippen MR) is 116 cm³/mol. The van der Waals surface area contributed by atoms with E-state index in [0.717, 1.165) is 31.7 Å². The maximum atomic E-state index is 12.9. The summed E-state index contributed by atoms with van der Waals surface area (Å²) in [5.74, 6) is 1.82. The molecule has 1 amide bonds. The molecule has 2 aliphatic rings. The lowest BCUT2D eigenvalue weighted by atomic mass is 10.00. The van der Waals surface area contributed by atoms with Gasteiger partial charge < -0.3 is 19.0 Å². The maximum absolute atomic E-state index is 12.9. The Bertz CT molecular complexity index is 866. The van der Waals surface area contributed by atoms with Gasteiger partial charge in [-0.05, 0) is 75.2 Å². The van der Waals surface area contributed by atoms with Gasteiger partial charge in [-0.25, -0.2) is 0 Å². The summed E-state index contributed by atoms with van der Waals surface area (Å²) in [6.45, 7) is 3.94. The fourth-order valence-corrected chi connectivity index (χ4v) is 5.40. The van der Waals surface area contributed by atoms with E-state index >= 15 is 0 Å². The number of ether oxygens (including phenoxy) is 1. The lowest BCUT2D eigenvalue weighted by molar-refractivity contribution is 0.0561. The number of amides is 1. The first-order chi connectivity index (χ1) is 14.6. The number of hydrogen-bond donors (Lipinski definition) is 0. The molecule has 1 aromatic heterocycles. The molecule has 0 spiro atoms. The Morgan fingerprint density at radius 1 is 1.03 bits per heavy atom. The number of carbonyl (C=O) groups excluding carboxylic acids is 1. The average Bonchev–Trinajstić information content (AvgIpc) is 3.27. The first kappa shape index (κ1) is 21.1. The van der Waals surface area contributed by atoms with Crippen LogP contribution in [0.3, 0.4) is 0 Å². The van der Waals surface area contributed by atoms with Crippen LogP contribution in [0.2, 0.25) is 0 Å². The van der Waals surface area contributed by atoms with Gasteiger partial charge in [-0.2, -0.15) is 0 Å². The molecule has 0 radical (unpaired) electrons. The second kappa shape index (κ2) is 9.79. The summed E-state index contributed by atoms with van der Waals surface area (Å²) < 4.78 is 23.5. The molecule has 2 aliphatic heterocycles. The van der Waals surface area contributed by atoms with Gasteiger partial charge in [0.05, 0.1) is 23.7 Å². The number of piperidine rings is 2. The van der Waals surface area contributed by atoms with Crippen molar-refractivity contribution in [2.45, 2.75) is 48.8 Å². The van der Waals surface area contributed by atoms with Crippen molar-refractivity contribution in [3.8, 4) is 5.75 Å². The first-order valence-electron chi connectivity index (χ1n) is 10.8. The molecule has 6 nitrogen and oxygen atoms in total. The van der Waals surface area contributed by atoms with Crippen LogP contribution in [-0.2, 0) is 16.6 Å². The Labute approximate surface area is 180 Å². The van der Waals surface area contributed by atoms with E-state index in [-0.39, 0.29) is 11.7 Å². The van der Waals surface area contributed by atoms with Gasteiger partial charge in [-0.3, -0.25) is 9.00 Å². The summed E-state index contributed by atoms with van der Waals surface area (Å²) >= 11 is 0. The molecular formula is C23H30N2O4S. The van der Waals surface area contributed by atoms with Gasteiger partial charge in [-0.1, -0.05) is 6.42 Å². The summed E-state index contributed by atoms with van der Waals surface area (Å²) in [5.41, 5.74) is 0. The number of benzene rings is 1. The molecule has 2 aromatic rings. The number of carbonyl (C=O) groups is 1. The molecule has 0 bridgehead atoms. The summed E-state index contributed by atoms with van der Waals surface area (Å²) in [6, 6.07) is 11.2. The molecule has 1 atom stereocenters. The van der Waals surface area contributed by atoms with Crippen LogP contribution in [0, 0.1) is 0 Å². The van der Waals surface area contributed by atoms with Crippen LogP contribution in [0.4, 0.5) is 0 Å². The minimum atomic E-state index is -1.24. The van der Waals surface area contributed by atoms with Crippen LogP contribution in [-0.4, -0.2) is 59.2 Å². The Hall–Kier alpha value is -2.12. The minimum Gasteiger partial charge on any atom is -0.497 e. The zero-order valence-electron chi connectivity index (χ0n) is 17.5. The summed E-state index contributed by atoms with van der Waals surface area (Å²) in [5, 5.41) is 0. The number of methoxy groups -OCH3 is 1. The van der Waals surface area contributed by atoms with E-state index in [2.05, 4.69) is 4.90 Å². The molecule has 30 heavy (non-hydrogen) atoms. The second-order valence-electron chi connectivity index (χ2n) is 8.05. The van der Waals surface area contributed by atoms with Crippen molar-refractivity contribution in [1.82, 2.24) is 9.80 Å². The Kier molecular flexibility index (Phi) is 6.89. The fourth-order valence-electron chi connectivity index (χ4n) is 4.38. The fraction of sp³-hybridized carbons (Fsp3) is 0.522. The highest BCUT2D eigenvalue weighted by Crippen LogP contribution is 2.23. The number of hydrogen-bond acceptors (Lipinski definition) is 5. The molecule has 2 fully saturated rings. The van der Waals surface area contributed by atoms with Crippen LogP contribution in [0.15, 0.2) is 45.7 Å². The topological polar surface area (TPSA) is 63.0 Å². The molecule has 162 valence electrons. The molecule has 7 heteroatoms. The van der Waals surface area contributed by atoms with Crippen LogP contribution >= 0.6 is 0 Å². The quantitative estimate of drug-likeness (QED) is 0.700. The van der Waals surface area contributed by atoms with Gasteiger partial charge >= 0.3 is 0 Å². The van der Waals surface area contributed by atoms with Crippen molar-refractivity contribution >= 4 is 16.7 Å². The third kappa shape index (κ3) is 4.95. The van der Waals surface area contributed by atoms with E-state index in [1.807, 2.05) is 4.90 Å². The molecule has 4 rings (SSSR count). The van der Waals surface area contributed by atoms with Gasteiger partial charge in [0.25, 0.3) is 5.91 Å². The first-order valence-corrected chi connectivity index (χ1v) is 12.1. The Morgan fingerprint density at radius 2 is 1.73 bits per heavy atom. The van der Waals surface area contributed by atoms with E-state index in [0.29, 0.717) is 22.5 Å². The van der Waals surface area contributed by atoms with Gasteiger partial charge in [-0.15, -0.1) is 0 Å². The van der Waals surface area contributed by atoms with Crippen LogP contribution in [0.5, 0.6) is 5.75 Å². The number of likely N-dealkylation sites (tertiary alicyclic amines) is 2. The predicted octanol–water partition coefficient (Wildman–Crippen LogP) is 3.69. The third-order valence-corrected chi connectivity index (χ3v) is 7.47. The van der Waals surface area contributed by atoms with Gasteiger partial charge in [0.1, 0.15) is 11.5 Å². The summed E-state index contributed by atoms with van der Waals surface area (Å²) in [4.78, 5) is 18.1. The molecule has 0 saturated carbocycles. The van der Waals surface area contributed by atoms with Crippen molar-refractivity contribution in [1.29, 1.82) is 0 Å². The number of rotatable bonds is 6. The van der Waals surface area contributed by atoms with Crippen LogP contribution in [0.1, 0.15) is 48.4 Å². The van der Waals surface area contributed by atoms with E-state index in [4.69, 9.17) is 9.15 Å². The lowest BCUT2D eigenvalue weighted by Gasteiger charge is -2.40. The van der Waals surface area contributed by atoms with E-state index in [9.17, 15) is 9.00 Å². The third-order valence-electron chi connectivity index (χ3n) is 6.13. The lowest BCUT2D eigenvalue weighted by Crippen LogP contribution is -2.48. The minimum absolute atomic E-state index is 0.0615. The van der Waals surface area contributed by atoms with Crippen LogP contribution < -0.4 is 4.74 Å². The molecule has 0 aliphatic carbocycles. The zero-order chi connectivity index (χ0) is 20.9. The highest BCUT2D eigenvalue weighted by Gasteiger charge is 2.29. The molecule has 0 N–H and O–H groups in total. The highest BCUT2D eigenvalue weighted by atomic mass is 32.2. The van der Waals surface area contributed by atoms with E-state index in [1.54, 1.807) is 43.5 Å². The van der Waals surface area contributed by atoms with E-state index in [1.165, 1.54) is 32.4 Å².